The van der Waals surface area contributed by atoms with Gasteiger partial charge in [0.05, 0.1) is 23.3 Å². The molecule has 13 aromatic rings. The van der Waals surface area contributed by atoms with Crippen molar-refractivity contribution in [2.45, 2.75) is 0 Å². The number of hydrogen-bond acceptors (Lipinski definition) is 2. The largest absolute Gasteiger partial charge is 0.192 e. The van der Waals surface area contributed by atoms with Gasteiger partial charge >= 0.3 is 0 Å². The summed E-state index contributed by atoms with van der Waals surface area (Å²) < 4.78 is 0. The Balaban J connectivity index is 1.61. The molecule has 2 nitrogen and oxygen atoms in total. The van der Waals surface area contributed by atoms with Crippen LogP contribution in [0.4, 0.5) is 0 Å². The molecule has 0 aromatic heterocycles. The van der Waals surface area contributed by atoms with E-state index in [9.17, 15) is 10.5 Å². The van der Waals surface area contributed by atoms with Crippen LogP contribution in [0.15, 0.2) is 97.1 Å². The number of nitriles is 2. The van der Waals surface area contributed by atoms with Crippen molar-refractivity contribution in [2.24, 2.45) is 0 Å². The quantitative estimate of drug-likeness (QED) is 0.134. The zero-order valence-electron chi connectivity index (χ0n) is 24.1. The van der Waals surface area contributed by atoms with E-state index in [0.29, 0.717) is 11.1 Å². The Kier molecular flexibility index (Phi) is 3.25. The van der Waals surface area contributed by atoms with E-state index in [0.717, 1.165) is 21.5 Å². The molecule has 0 fully saturated rings. The lowest BCUT2D eigenvalue weighted by Gasteiger charge is -2.29. The van der Waals surface area contributed by atoms with Crippen LogP contribution >= 0.6 is 0 Å². The summed E-state index contributed by atoms with van der Waals surface area (Å²) in [7, 11) is 0. The monoisotopic (exact) mass is 572 g/mol. The second-order valence-electron chi connectivity index (χ2n) is 13.3. The minimum atomic E-state index is 0.643. The summed E-state index contributed by atoms with van der Waals surface area (Å²) in [4.78, 5) is 0. The fourth-order valence-corrected chi connectivity index (χ4v) is 10.1. The summed E-state index contributed by atoms with van der Waals surface area (Å²) in [5, 5.41) is 50.7. The van der Waals surface area contributed by atoms with Crippen LogP contribution in [-0.2, 0) is 0 Å². The second-order valence-corrected chi connectivity index (χ2v) is 13.3. The van der Waals surface area contributed by atoms with Gasteiger partial charge in [0.15, 0.2) is 0 Å². The molecule has 0 bridgehead atoms. The molecule has 0 radical (unpaired) electrons. The highest BCUT2D eigenvalue weighted by Gasteiger charge is 2.31. The van der Waals surface area contributed by atoms with Gasteiger partial charge in [-0.2, -0.15) is 10.5 Å². The maximum atomic E-state index is 10.3. The van der Waals surface area contributed by atoms with Crippen LogP contribution < -0.4 is 0 Å². The molecule has 0 heterocycles. The van der Waals surface area contributed by atoms with Gasteiger partial charge in [-0.1, -0.05) is 72.8 Å². The van der Waals surface area contributed by atoms with Gasteiger partial charge in [-0.25, -0.2) is 0 Å². The molecule has 0 atom stereocenters. The molecule has 0 saturated heterocycles. The molecule has 0 aliphatic heterocycles. The van der Waals surface area contributed by atoms with Crippen LogP contribution in [0.2, 0.25) is 0 Å². The molecule has 2 heteroatoms. The third-order valence-electron chi connectivity index (χ3n) is 11.5. The second kappa shape index (κ2) is 6.77. The average molecular weight is 573 g/mol. The van der Waals surface area contributed by atoms with Gasteiger partial charge < -0.3 is 0 Å². The van der Waals surface area contributed by atoms with E-state index in [-0.39, 0.29) is 0 Å². The lowest BCUT2D eigenvalue weighted by molar-refractivity contribution is 1.50. The van der Waals surface area contributed by atoms with Crippen LogP contribution in [0.25, 0.3) is 129 Å². The topological polar surface area (TPSA) is 47.6 Å². The Morgan fingerprint density at radius 2 is 0.457 bits per heavy atom. The molecule has 13 aromatic carbocycles. The Labute approximate surface area is 259 Å². The number of benzene rings is 13. The minimum absolute atomic E-state index is 0.643. The first-order valence-electron chi connectivity index (χ1n) is 15.7. The van der Waals surface area contributed by atoms with Crippen molar-refractivity contribution < 1.29 is 0 Å². The summed E-state index contributed by atoms with van der Waals surface area (Å²) in [6.07, 6.45) is 0. The standard InChI is InChI=1S/C44H16N2/c45-17-19-13-29-27-11-3-9-25-23-7-1-5-21-22-6-2-8-24-26-10-4-12-28-30-14-20(18-46)16-32-31(15-19)37(29)43-41(35(25)27)39(33(21)23)40(34(22)24)42(36(26)28)44(43)38(30)32/h1-16H. The zero-order valence-corrected chi connectivity index (χ0v) is 24.1. The number of fused-ring (bicyclic) bond motifs is 6. The van der Waals surface area contributed by atoms with Crippen LogP contribution in [-0.4, -0.2) is 0 Å². The van der Waals surface area contributed by atoms with E-state index in [4.69, 9.17) is 0 Å². The first-order chi connectivity index (χ1) is 22.8. The molecule has 202 valence electrons. The summed E-state index contributed by atoms with van der Waals surface area (Å²) >= 11 is 0. The van der Waals surface area contributed by atoms with Crippen LogP contribution in [0.1, 0.15) is 11.1 Å². The van der Waals surface area contributed by atoms with Gasteiger partial charge in [0.25, 0.3) is 0 Å². The molecule has 0 unspecified atom stereocenters. The minimum Gasteiger partial charge on any atom is -0.192 e. The van der Waals surface area contributed by atoms with Crippen LogP contribution in [0.3, 0.4) is 0 Å². The van der Waals surface area contributed by atoms with Crippen molar-refractivity contribution in [1.82, 2.24) is 0 Å². The summed E-state index contributed by atoms with van der Waals surface area (Å²) in [6, 6.07) is 40.4. The third-order valence-corrected chi connectivity index (χ3v) is 11.5. The highest BCUT2D eigenvalue weighted by atomic mass is 14.3. The molecular weight excluding hydrogens is 556 g/mol. The molecule has 0 saturated carbocycles. The summed E-state index contributed by atoms with van der Waals surface area (Å²) in [5.74, 6) is 0. The Morgan fingerprint density at radius 1 is 0.261 bits per heavy atom. The number of hydrogen-bond donors (Lipinski definition) is 0. The maximum Gasteiger partial charge on any atom is 0.0992 e. The fourth-order valence-electron chi connectivity index (χ4n) is 10.1. The predicted octanol–water partition coefficient (Wildman–Crippen LogP) is 11.9. The smallest absolute Gasteiger partial charge is 0.0992 e. The van der Waals surface area contributed by atoms with Crippen molar-refractivity contribution in [3.8, 4) is 12.1 Å². The van der Waals surface area contributed by atoms with Gasteiger partial charge in [0.1, 0.15) is 0 Å². The fraction of sp³-hybridized carbons (Fsp3) is 0. The maximum absolute atomic E-state index is 10.3. The van der Waals surface area contributed by atoms with Crippen LogP contribution in [0, 0.1) is 22.7 Å². The SMILES string of the molecule is N#Cc1cc2c3cccc4c5cccc6c7cccc8c9cccc%10c%11cc(C#N)cc%12c(c1)c2c1c(c43)c(c65)c(c78)c(c9%10)c1c%11%12. The molecule has 0 aliphatic carbocycles. The third kappa shape index (κ3) is 2.02. The highest BCUT2D eigenvalue weighted by molar-refractivity contribution is 6.61. The predicted molar refractivity (Wildman–Crippen MR) is 193 cm³/mol. The Morgan fingerprint density at radius 3 is 0.696 bits per heavy atom. The van der Waals surface area contributed by atoms with Gasteiger partial charge in [-0.15, -0.1) is 0 Å². The van der Waals surface area contributed by atoms with E-state index in [1.54, 1.807) is 0 Å². The zero-order chi connectivity index (χ0) is 29.7. The van der Waals surface area contributed by atoms with Gasteiger partial charge in [0, 0.05) is 0 Å². The molecule has 13 rings (SSSR count). The van der Waals surface area contributed by atoms with Crippen LogP contribution in [0.5, 0.6) is 0 Å². The Hall–Kier alpha value is -6.48. The summed E-state index contributed by atoms with van der Waals surface area (Å²) in [5.41, 5.74) is 1.29. The van der Waals surface area contributed by atoms with Gasteiger partial charge in [-0.3, -0.25) is 0 Å². The van der Waals surface area contributed by atoms with Gasteiger partial charge in [0.2, 0.25) is 0 Å². The molecule has 46 heavy (non-hydrogen) atoms. The normalized spacial score (nSPS) is 13.2. The van der Waals surface area contributed by atoms with Crippen molar-refractivity contribution in [2.75, 3.05) is 0 Å². The Bertz CT molecular complexity index is 3350. The molecule has 0 aliphatic rings. The number of nitrogens with zero attached hydrogens (tertiary/aromatic N) is 2. The van der Waals surface area contributed by atoms with Crippen molar-refractivity contribution in [1.29, 1.82) is 10.5 Å². The van der Waals surface area contributed by atoms with Gasteiger partial charge in [-0.05, 0) is 154 Å². The molecule has 0 N–H and O–H groups in total. The molecular formula is C44H16N2. The van der Waals surface area contributed by atoms with E-state index in [1.807, 2.05) is 0 Å². The van der Waals surface area contributed by atoms with Crippen molar-refractivity contribution in [3.63, 3.8) is 0 Å². The van der Waals surface area contributed by atoms with Crippen molar-refractivity contribution >= 4 is 129 Å². The first kappa shape index (κ1) is 22.1. The lowest BCUT2D eigenvalue weighted by Crippen LogP contribution is -2.00. The average Bonchev–Trinajstić information content (AvgIpc) is 3.12. The van der Waals surface area contributed by atoms with E-state index in [1.165, 1.54) is 108 Å². The van der Waals surface area contributed by atoms with E-state index >= 15 is 0 Å². The number of rotatable bonds is 0. The lowest BCUT2D eigenvalue weighted by atomic mass is 9.73. The first-order valence-corrected chi connectivity index (χ1v) is 15.7. The van der Waals surface area contributed by atoms with E-state index in [2.05, 4.69) is 109 Å². The van der Waals surface area contributed by atoms with E-state index < -0.39 is 0 Å². The highest BCUT2D eigenvalue weighted by Crippen LogP contribution is 2.60. The molecule has 0 amide bonds. The van der Waals surface area contributed by atoms with Crippen molar-refractivity contribution in [3.05, 3.63) is 108 Å². The molecule has 0 spiro atoms. The summed E-state index contributed by atoms with van der Waals surface area (Å²) in [6.45, 7) is 0.